The van der Waals surface area contributed by atoms with E-state index in [9.17, 15) is 4.79 Å². The molecule has 1 N–H and O–H groups in total. The Bertz CT molecular complexity index is 619. The number of nitrogens with zero attached hydrogens (tertiary/aromatic N) is 2. The topological polar surface area (TPSA) is 46.9 Å². The molecule has 0 atom stereocenters. The first-order chi connectivity index (χ1) is 9.02. The highest BCUT2D eigenvalue weighted by Gasteiger charge is 2.14. The van der Waals surface area contributed by atoms with Gasteiger partial charge in [0.1, 0.15) is 0 Å². The van der Waals surface area contributed by atoms with E-state index in [0.717, 1.165) is 27.2 Å². The Balaban J connectivity index is 2.27. The van der Waals surface area contributed by atoms with Gasteiger partial charge in [-0.05, 0) is 61.6 Å². The summed E-state index contributed by atoms with van der Waals surface area (Å²) >= 11 is 2.20. The van der Waals surface area contributed by atoms with Crippen molar-refractivity contribution in [2.24, 2.45) is 0 Å². The second-order valence-corrected chi connectivity index (χ2v) is 5.57. The Morgan fingerprint density at radius 2 is 2.16 bits per heavy atom. The lowest BCUT2D eigenvalue weighted by atomic mass is 10.2. The summed E-state index contributed by atoms with van der Waals surface area (Å²) in [7, 11) is 0. The van der Waals surface area contributed by atoms with Crippen molar-refractivity contribution in [1.82, 2.24) is 9.78 Å². The average molecular weight is 369 g/mol. The predicted octanol–water partition coefficient (Wildman–Crippen LogP) is 3.38. The summed E-state index contributed by atoms with van der Waals surface area (Å²) in [4.78, 5) is 12.2. The van der Waals surface area contributed by atoms with Crippen LogP contribution < -0.4 is 5.32 Å². The number of anilines is 1. The van der Waals surface area contributed by atoms with Crippen molar-refractivity contribution in [3.05, 3.63) is 44.8 Å². The SMILES string of the molecule is CCn1nc(C)c(NC(=O)c2cccc(I)c2)c1C. The average Bonchev–Trinajstić information content (AvgIpc) is 2.66. The number of carbonyl (C=O) groups is 1. The van der Waals surface area contributed by atoms with E-state index < -0.39 is 0 Å². The lowest BCUT2D eigenvalue weighted by molar-refractivity contribution is 0.102. The van der Waals surface area contributed by atoms with E-state index in [4.69, 9.17) is 0 Å². The molecule has 0 spiro atoms. The molecule has 0 bridgehead atoms. The quantitative estimate of drug-likeness (QED) is 0.844. The molecule has 1 aromatic carbocycles. The molecular formula is C14H16IN3O. The van der Waals surface area contributed by atoms with E-state index in [1.54, 1.807) is 0 Å². The highest BCUT2D eigenvalue weighted by Crippen LogP contribution is 2.20. The van der Waals surface area contributed by atoms with Crippen LogP contribution in [0.3, 0.4) is 0 Å². The maximum Gasteiger partial charge on any atom is 0.255 e. The van der Waals surface area contributed by atoms with E-state index in [1.807, 2.05) is 49.7 Å². The van der Waals surface area contributed by atoms with Crippen molar-refractivity contribution in [2.45, 2.75) is 27.3 Å². The Morgan fingerprint density at radius 3 is 2.74 bits per heavy atom. The molecule has 0 saturated heterocycles. The van der Waals surface area contributed by atoms with Crippen LogP contribution in [-0.2, 0) is 6.54 Å². The standard InChI is InChI=1S/C14H16IN3O/c1-4-18-10(3)13(9(2)17-18)16-14(19)11-6-5-7-12(15)8-11/h5-8H,4H2,1-3H3,(H,16,19). The zero-order valence-corrected chi connectivity index (χ0v) is 13.4. The van der Waals surface area contributed by atoms with Gasteiger partial charge in [0.25, 0.3) is 5.91 Å². The molecular weight excluding hydrogens is 353 g/mol. The van der Waals surface area contributed by atoms with Crippen molar-refractivity contribution < 1.29 is 4.79 Å². The molecule has 0 unspecified atom stereocenters. The van der Waals surface area contributed by atoms with Crippen LogP contribution in [0, 0.1) is 17.4 Å². The van der Waals surface area contributed by atoms with Gasteiger partial charge in [0.15, 0.2) is 0 Å². The van der Waals surface area contributed by atoms with Crippen LogP contribution in [0.15, 0.2) is 24.3 Å². The molecule has 0 radical (unpaired) electrons. The first-order valence-electron chi connectivity index (χ1n) is 6.14. The number of amides is 1. The lowest BCUT2D eigenvalue weighted by Gasteiger charge is -2.06. The number of halogens is 1. The van der Waals surface area contributed by atoms with Gasteiger partial charge in [0.05, 0.1) is 17.1 Å². The van der Waals surface area contributed by atoms with Crippen LogP contribution in [0.2, 0.25) is 0 Å². The van der Waals surface area contributed by atoms with Crippen molar-refractivity contribution in [3.8, 4) is 0 Å². The van der Waals surface area contributed by atoms with E-state index in [-0.39, 0.29) is 5.91 Å². The molecule has 2 rings (SSSR count). The van der Waals surface area contributed by atoms with Gasteiger partial charge in [-0.1, -0.05) is 6.07 Å². The normalized spacial score (nSPS) is 10.5. The van der Waals surface area contributed by atoms with Gasteiger partial charge in [-0.2, -0.15) is 5.10 Å². The number of nitrogens with one attached hydrogen (secondary N) is 1. The van der Waals surface area contributed by atoms with Gasteiger partial charge in [-0.25, -0.2) is 0 Å². The number of aromatic nitrogens is 2. The molecule has 0 aliphatic rings. The fraction of sp³-hybridized carbons (Fsp3) is 0.286. The Kier molecular flexibility index (Phi) is 4.24. The Labute approximate surface area is 126 Å². The molecule has 100 valence electrons. The third-order valence-electron chi connectivity index (χ3n) is 3.01. The summed E-state index contributed by atoms with van der Waals surface area (Å²) in [5.74, 6) is -0.0969. The first-order valence-corrected chi connectivity index (χ1v) is 7.21. The van der Waals surface area contributed by atoms with Crippen LogP contribution in [0.5, 0.6) is 0 Å². The van der Waals surface area contributed by atoms with Gasteiger partial charge in [-0.3, -0.25) is 9.48 Å². The summed E-state index contributed by atoms with van der Waals surface area (Å²) in [6, 6.07) is 7.52. The number of aryl methyl sites for hydroxylation is 2. The highest BCUT2D eigenvalue weighted by atomic mass is 127. The molecule has 0 fully saturated rings. The van der Waals surface area contributed by atoms with Gasteiger partial charge < -0.3 is 5.32 Å². The van der Waals surface area contributed by atoms with Crippen LogP contribution in [-0.4, -0.2) is 15.7 Å². The van der Waals surface area contributed by atoms with Crippen molar-refractivity contribution in [2.75, 3.05) is 5.32 Å². The van der Waals surface area contributed by atoms with Crippen molar-refractivity contribution in [3.63, 3.8) is 0 Å². The number of hydrogen-bond donors (Lipinski definition) is 1. The molecule has 5 heteroatoms. The molecule has 4 nitrogen and oxygen atoms in total. The molecule has 1 aromatic heterocycles. The van der Waals surface area contributed by atoms with E-state index in [0.29, 0.717) is 5.56 Å². The Hall–Kier alpha value is -1.37. The summed E-state index contributed by atoms with van der Waals surface area (Å²) in [6.07, 6.45) is 0. The van der Waals surface area contributed by atoms with E-state index >= 15 is 0 Å². The summed E-state index contributed by atoms with van der Waals surface area (Å²) in [5.41, 5.74) is 3.30. The second-order valence-electron chi connectivity index (χ2n) is 4.33. The first kappa shape index (κ1) is 14.0. The van der Waals surface area contributed by atoms with Gasteiger partial charge in [-0.15, -0.1) is 0 Å². The number of benzene rings is 1. The smallest absolute Gasteiger partial charge is 0.255 e. The summed E-state index contributed by atoms with van der Waals surface area (Å²) in [5, 5.41) is 7.34. The molecule has 0 saturated carbocycles. The summed E-state index contributed by atoms with van der Waals surface area (Å²) < 4.78 is 2.93. The molecule has 1 amide bonds. The highest BCUT2D eigenvalue weighted by molar-refractivity contribution is 14.1. The zero-order chi connectivity index (χ0) is 14.0. The molecule has 1 heterocycles. The van der Waals surface area contributed by atoms with Gasteiger partial charge >= 0.3 is 0 Å². The number of rotatable bonds is 3. The number of carbonyl (C=O) groups excluding carboxylic acids is 1. The molecule has 19 heavy (non-hydrogen) atoms. The fourth-order valence-electron chi connectivity index (χ4n) is 2.00. The van der Waals surface area contributed by atoms with Crippen molar-refractivity contribution in [1.29, 1.82) is 0 Å². The minimum absolute atomic E-state index is 0.0969. The van der Waals surface area contributed by atoms with Crippen LogP contribution in [0.1, 0.15) is 28.7 Å². The van der Waals surface area contributed by atoms with Gasteiger partial charge in [0.2, 0.25) is 0 Å². The van der Waals surface area contributed by atoms with Crippen LogP contribution in [0.4, 0.5) is 5.69 Å². The molecule has 2 aromatic rings. The molecule has 0 aliphatic heterocycles. The minimum Gasteiger partial charge on any atom is -0.319 e. The zero-order valence-electron chi connectivity index (χ0n) is 11.2. The van der Waals surface area contributed by atoms with Gasteiger partial charge in [0, 0.05) is 15.7 Å². The van der Waals surface area contributed by atoms with E-state index in [2.05, 4.69) is 33.0 Å². The van der Waals surface area contributed by atoms with E-state index in [1.165, 1.54) is 0 Å². The lowest BCUT2D eigenvalue weighted by Crippen LogP contribution is -2.13. The third kappa shape index (κ3) is 2.97. The predicted molar refractivity (Wildman–Crippen MR) is 84.5 cm³/mol. The van der Waals surface area contributed by atoms with Crippen LogP contribution >= 0.6 is 22.6 Å². The molecule has 0 aliphatic carbocycles. The maximum absolute atomic E-state index is 12.2. The largest absolute Gasteiger partial charge is 0.319 e. The summed E-state index contributed by atoms with van der Waals surface area (Å²) in [6.45, 7) is 6.70. The third-order valence-corrected chi connectivity index (χ3v) is 3.68. The van der Waals surface area contributed by atoms with Crippen LogP contribution in [0.25, 0.3) is 0 Å². The second kappa shape index (κ2) is 5.73. The Morgan fingerprint density at radius 1 is 1.42 bits per heavy atom. The number of hydrogen-bond acceptors (Lipinski definition) is 2. The monoisotopic (exact) mass is 369 g/mol. The maximum atomic E-state index is 12.2. The van der Waals surface area contributed by atoms with Crippen molar-refractivity contribution >= 4 is 34.2 Å². The minimum atomic E-state index is -0.0969. The fourth-order valence-corrected chi connectivity index (χ4v) is 2.54.